The number of aromatic hydroxyl groups is 1. The molecule has 1 aliphatic carbocycles. The molecule has 2 nitrogen and oxygen atoms in total. The van der Waals surface area contributed by atoms with Gasteiger partial charge in [0.1, 0.15) is 5.75 Å². The van der Waals surface area contributed by atoms with Crippen molar-refractivity contribution < 1.29 is 5.11 Å². The second-order valence-electron chi connectivity index (χ2n) is 3.12. The highest BCUT2D eigenvalue weighted by Crippen LogP contribution is 2.39. The summed E-state index contributed by atoms with van der Waals surface area (Å²) >= 11 is 3.34. The van der Waals surface area contributed by atoms with Gasteiger partial charge in [0.2, 0.25) is 0 Å². The van der Waals surface area contributed by atoms with Crippen LogP contribution >= 0.6 is 15.9 Å². The van der Waals surface area contributed by atoms with E-state index in [0.717, 1.165) is 22.9 Å². The molecule has 0 saturated heterocycles. The zero-order valence-corrected chi connectivity index (χ0v) is 8.13. The predicted molar refractivity (Wildman–Crippen MR) is 51.1 cm³/mol. The van der Waals surface area contributed by atoms with E-state index in [4.69, 9.17) is 5.73 Å². The zero-order chi connectivity index (χ0) is 8.72. The van der Waals surface area contributed by atoms with Crippen molar-refractivity contribution >= 4 is 15.9 Å². The van der Waals surface area contributed by atoms with Gasteiger partial charge in [-0.2, -0.15) is 0 Å². The molecule has 1 aromatic rings. The quantitative estimate of drug-likeness (QED) is 0.714. The fraction of sp³-hybridized carbons (Fsp3) is 0.333. The van der Waals surface area contributed by atoms with Gasteiger partial charge >= 0.3 is 0 Å². The lowest BCUT2D eigenvalue weighted by Crippen LogP contribution is -2.05. The molecule has 0 amide bonds. The van der Waals surface area contributed by atoms with E-state index in [1.54, 1.807) is 6.07 Å². The molecule has 3 N–H and O–H groups in total. The molecule has 0 aromatic heterocycles. The van der Waals surface area contributed by atoms with Gasteiger partial charge in [-0.3, -0.25) is 0 Å². The van der Waals surface area contributed by atoms with Crippen LogP contribution in [0.5, 0.6) is 5.75 Å². The van der Waals surface area contributed by atoms with Gasteiger partial charge in [0.15, 0.2) is 0 Å². The summed E-state index contributed by atoms with van der Waals surface area (Å²) < 4.78 is 0.769. The summed E-state index contributed by atoms with van der Waals surface area (Å²) in [6.45, 7) is 0. The Labute approximate surface area is 79.5 Å². The second kappa shape index (κ2) is 2.75. The maximum Gasteiger partial charge on any atom is 0.130 e. The second-order valence-corrected chi connectivity index (χ2v) is 3.91. The molecule has 1 aromatic carbocycles. The van der Waals surface area contributed by atoms with Crippen LogP contribution in [0.25, 0.3) is 0 Å². The van der Waals surface area contributed by atoms with E-state index in [1.165, 1.54) is 5.56 Å². The Morgan fingerprint density at radius 2 is 2.25 bits per heavy atom. The topological polar surface area (TPSA) is 46.2 Å². The van der Waals surface area contributed by atoms with E-state index in [9.17, 15) is 5.11 Å². The number of hydrogen-bond acceptors (Lipinski definition) is 2. The third-order valence-corrected chi connectivity index (χ3v) is 3.18. The average molecular weight is 228 g/mol. The van der Waals surface area contributed by atoms with E-state index in [1.807, 2.05) is 6.07 Å². The van der Waals surface area contributed by atoms with Gasteiger partial charge in [-0.05, 0) is 46.0 Å². The number of fused-ring (bicyclic) bond motifs is 1. The number of halogens is 1. The monoisotopic (exact) mass is 227 g/mol. The molecule has 0 radical (unpaired) electrons. The number of phenols is 1. The SMILES string of the molecule is N[C@@H]1CCc2ccc(O)c(Br)c21. The Balaban J connectivity index is 2.63. The van der Waals surface area contributed by atoms with Crippen molar-refractivity contribution in [1.82, 2.24) is 0 Å². The third kappa shape index (κ3) is 1.04. The number of hydrogen-bond donors (Lipinski definition) is 2. The van der Waals surface area contributed by atoms with Crippen molar-refractivity contribution in [2.24, 2.45) is 5.73 Å². The minimum atomic E-state index is 0.0847. The van der Waals surface area contributed by atoms with Crippen LogP contribution in [0.1, 0.15) is 23.6 Å². The lowest BCUT2D eigenvalue weighted by atomic mass is 10.1. The summed E-state index contributed by atoms with van der Waals surface area (Å²) in [5.41, 5.74) is 8.21. The lowest BCUT2D eigenvalue weighted by Gasteiger charge is -2.08. The van der Waals surface area contributed by atoms with Gasteiger partial charge in [-0.1, -0.05) is 6.07 Å². The molecule has 0 aliphatic heterocycles. The summed E-state index contributed by atoms with van der Waals surface area (Å²) in [4.78, 5) is 0. The van der Waals surface area contributed by atoms with E-state index >= 15 is 0 Å². The van der Waals surface area contributed by atoms with Crippen LogP contribution in [0.4, 0.5) is 0 Å². The first-order chi connectivity index (χ1) is 5.70. The van der Waals surface area contributed by atoms with E-state index in [0.29, 0.717) is 0 Å². The van der Waals surface area contributed by atoms with Crippen molar-refractivity contribution in [3.63, 3.8) is 0 Å². The van der Waals surface area contributed by atoms with Crippen molar-refractivity contribution in [3.8, 4) is 5.75 Å². The summed E-state index contributed by atoms with van der Waals surface area (Å²) in [7, 11) is 0. The number of benzene rings is 1. The van der Waals surface area contributed by atoms with E-state index in [-0.39, 0.29) is 11.8 Å². The fourth-order valence-corrected chi connectivity index (χ4v) is 2.38. The first kappa shape index (κ1) is 8.08. The molecule has 0 bridgehead atoms. The molecule has 3 heteroatoms. The number of phenolic OH excluding ortho intramolecular Hbond substituents is 1. The largest absolute Gasteiger partial charge is 0.507 e. The fourth-order valence-electron chi connectivity index (χ4n) is 1.70. The first-order valence-electron chi connectivity index (χ1n) is 3.96. The predicted octanol–water partition coefficient (Wildman–Crippen LogP) is 2.10. The van der Waals surface area contributed by atoms with Crippen molar-refractivity contribution in [1.29, 1.82) is 0 Å². The Morgan fingerprint density at radius 3 is 3.00 bits per heavy atom. The highest BCUT2D eigenvalue weighted by molar-refractivity contribution is 9.10. The smallest absolute Gasteiger partial charge is 0.130 e. The van der Waals surface area contributed by atoms with Gasteiger partial charge in [0.05, 0.1) is 4.47 Å². The maximum atomic E-state index is 9.40. The van der Waals surface area contributed by atoms with E-state index < -0.39 is 0 Å². The Kier molecular flexibility index (Phi) is 1.85. The van der Waals surface area contributed by atoms with Crippen LogP contribution < -0.4 is 5.73 Å². The molecule has 0 spiro atoms. The molecule has 1 atom stereocenters. The Bertz CT molecular complexity index is 325. The van der Waals surface area contributed by atoms with Crippen LogP contribution in [0.2, 0.25) is 0 Å². The van der Waals surface area contributed by atoms with Gasteiger partial charge in [-0.25, -0.2) is 0 Å². The molecule has 0 saturated carbocycles. The molecule has 64 valence electrons. The van der Waals surface area contributed by atoms with Crippen molar-refractivity contribution in [3.05, 3.63) is 27.7 Å². The molecular formula is C9H10BrNO. The summed E-state index contributed by atoms with van der Waals surface area (Å²) in [5.74, 6) is 0.283. The molecule has 0 unspecified atom stereocenters. The van der Waals surface area contributed by atoms with Gasteiger partial charge in [0.25, 0.3) is 0 Å². The number of rotatable bonds is 0. The molecule has 0 heterocycles. The maximum absolute atomic E-state index is 9.40. The van der Waals surface area contributed by atoms with Crippen LogP contribution in [-0.4, -0.2) is 5.11 Å². The highest BCUT2D eigenvalue weighted by Gasteiger charge is 2.22. The highest BCUT2D eigenvalue weighted by atomic mass is 79.9. The molecular weight excluding hydrogens is 218 g/mol. The van der Waals surface area contributed by atoms with Crippen molar-refractivity contribution in [2.75, 3.05) is 0 Å². The van der Waals surface area contributed by atoms with E-state index in [2.05, 4.69) is 15.9 Å². The number of aryl methyl sites for hydroxylation is 1. The Hall–Kier alpha value is -0.540. The minimum Gasteiger partial charge on any atom is -0.507 e. The zero-order valence-electron chi connectivity index (χ0n) is 6.55. The summed E-state index contributed by atoms with van der Waals surface area (Å²) in [6.07, 6.45) is 2.01. The molecule has 0 fully saturated rings. The van der Waals surface area contributed by atoms with Crippen LogP contribution in [0, 0.1) is 0 Å². The van der Waals surface area contributed by atoms with Crippen LogP contribution in [0.15, 0.2) is 16.6 Å². The molecule has 2 rings (SSSR count). The molecule has 12 heavy (non-hydrogen) atoms. The standard InChI is InChI=1S/C9H10BrNO/c10-9-7(12)4-2-5-1-3-6(11)8(5)9/h2,4,6,12H,1,3,11H2/t6-/m1/s1. The summed E-state index contributed by atoms with van der Waals surface area (Å²) in [5, 5.41) is 9.40. The van der Waals surface area contributed by atoms with Gasteiger partial charge < -0.3 is 10.8 Å². The van der Waals surface area contributed by atoms with Crippen LogP contribution in [-0.2, 0) is 6.42 Å². The normalized spacial score (nSPS) is 21.0. The minimum absolute atomic E-state index is 0.0847. The average Bonchev–Trinajstić information content (AvgIpc) is 2.41. The van der Waals surface area contributed by atoms with Crippen LogP contribution in [0.3, 0.4) is 0 Å². The third-order valence-electron chi connectivity index (χ3n) is 2.35. The Morgan fingerprint density at radius 1 is 1.50 bits per heavy atom. The first-order valence-corrected chi connectivity index (χ1v) is 4.75. The number of nitrogens with two attached hydrogens (primary N) is 1. The van der Waals surface area contributed by atoms with Gasteiger partial charge in [-0.15, -0.1) is 0 Å². The van der Waals surface area contributed by atoms with Gasteiger partial charge in [0, 0.05) is 6.04 Å². The lowest BCUT2D eigenvalue weighted by molar-refractivity contribution is 0.470. The molecule has 1 aliphatic rings. The van der Waals surface area contributed by atoms with Crippen molar-refractivity contribution in [2.45, 2.75) is 18.9 Å². The summed E-state index contributed by atoms with van der Waals surface area (Å²) in [6, 6.07) is 3.74.